The summed E-state index contributed by atoms with van der Waals surface area (Å²) in [5.41, 5.74) is 0.735. The molecule has 0 N–H and O–H groups in total. The first-order valence-corrected chi connectivity index (χ1v) is 12.0. The molecular weight excluding hydrogens is 456 g/mol. The van der Waals surface area contributed by atoms with E-state index in [0.29, 0.717) is 54.8 Å². The van der Waals surface area contributed by atoms with Gasteiger partial charge in [0.1, 0.15) is 22.2 Å². The fraction of sp³-hybridized carbons (Fsp3) is 0.478. The molecule has 1 saturated heterocycles. The number of piperazine rings is 1. The van der Waals surface area contributed by atoms with E-state index in [1.54, 1.807) is 17.3 Å². The van der Waals surface area contributed by atoms with Crippen molar-refractivity contribution >= 4 is 34.0 Å². The number of carbonyl (C=O) groups excluding carboxylic acids is 2. The topological polar surface area (TPSA) is 110 Å². The van der Waals surface area contributed by atoms with Gasteiger partial charge in [-0.2, -0.15) is 9.61 Å². The second kappa shape index (κ2) is 9.49. The van der Waals surface area contributed by atoms with Crippen molar-refractivity contribution in [1.29, 1.82) is 0 Å². The molecule has 1 aliphatic rings. The first-order valence-electron chi connectivity index (χ1n) is 11.2. The molecule has 0 bridgehead atoms. The molecule has 180 valence electrons. The molecule has 0 spiro atoms. The Morgan fingerprint density at radius 2 is 1.85 bits per heavy atom. The van der Waals surface area contributed by atoms with Crippen molar-refractivity contribution in [3.05, 3.63) is 40.4 Å². The van der Waals surface area contributed by atoms with E-state index in [9.17, 15) is 14.4 Å². The van der Waals surface area contributed by atoms with E-state index in [1.807, 2.05) is 38.7 Å². The van der Waals surface area contributed by atoms with Gasteiger partial charge in [0.15, 0.2) is 0 Å². The molecule has 11 heteroatoms. The zero-order valence-corrected chi connectivity index (χ0v) is 20.6. The second-order valence-corrected chi connectivity index (χ2v) is 10.1. The van der Waals surface area contributed by atoms with Crippen molar-refractivity contribution in [2.24, 2.45) is 0 Å². The maximum absolute atomic E-state index is 12.8. The summed E-state index contributed by atoms with van der Waals surface area (Å²) in [6, 6.07) is 3.34. The van der Waals surface area contributed by atoms with Crippen LogP contribution < -0.4 is 10.5 Å². The zero-order valence-electron chi connectivity index (χ0n) is 19.8. The molecule has 0 saturated carbocycles. The van der Waals surface area contributed by atoms with Crippen molar-refractivity contribution in [3.63, 3.8) is 0 Å². The quantitative estimate of drug-likeness (QED) is 0.544. The Morgan fingerprint density at radius 3 is 2.53 bits per heavy atom. The highest BCUT2D eigenvalue weighted by molar-refractivity contribution is 7.19. The van der Waals surface area contributed by atoms with Crippen LogP contribution in [0.1, 0.15) is 39.7 Å². The van der Waals surface area contributed by atoms with Crippen LogP contribution in [-0.2, 0) is 16.0 Å². The average Bonchev–Trinajstić information content (AvgIpc) is 3.23. The van der Waals surface area contributed by atoms with Gasteiger partial charge in [-0.15, -0.1) is 0 Å². The van der Waals surface area contributed by atoms with Crippen molar-refractivity contribution in [2.45, 2.75) is 46.1 Å². The van der Waals surface area contributed by atoms with E-state index in [1.165, 1.54) is 21.9 Å². The number of aromatic nitrogens is 4. The summed E-state index contributed by atoms with van der Waals surface area (Å²) < 4.78 is 6.73. The Labute approximate surface area is 201 Å². The second-order valence-electron chi connectivity index (χ2n) is 9.16. The van der Waals surface area contributed by atoms with Crippen LogP contribution in [0.5, 0.6) is 0 Å². The molecule has 3 aromatic heterocycles. The average molecular weight is 485 g/mol. The Morgan fingerprint density at radius 1 is 1.12 bits per heavy atom. The highest BCUT2D eigenvalue weighted by atomic mass is 32.1. The maximum Gasteiger partial charge on any atom is 0.410 e. The molecule has 0 radical (unpaired) electrons. The molecule has 1 amide bonds. The van der Waals surface area contributed by atoms with Crippen molar-refractivity contribution in [2.75, 3.05) is 31.1 Å². The molecular formula is C23H28N6O4S. The van der Waals surface area contributed by atoms with Crippen LogP contribution in [0.2, 0.25) is 0 Å². The Balaban J connectivity index is 1.52. The third kappa shape index (κ3) is 5.41. The lowest BCUT2D eigenvalue weighted by Crippen LogP contribution is -2.50. The zero-order chi connectivity index (χ0) is 24.5. The van der Waals surface area contributed by atoms with Gasteiger partial charge in [0.25, 0.3) is 5.56 Å². The minimum absolute atomic E-state index is 0.137. The lowest BCUT2D eigenvalue weighted by atomic mass is 10.1. The summed E-state index contributed by atoms with van der Waals surface area (Å²) in [5.74, 6) is 0.696. The summed E-state index contributed by atoms with van der Waals surface area (Å²) in [6.45, 7) is 9.42. The molecule has 10 nitrogen and oxygen atoms in total. The number of Topliss-reactive ketones (excluding diaryl/α,β-unsaturated/α-hetero) is 1. The largest absolute Gasteiger partial charge is 0.444 e. The van der Waals surface area contributed by atoms with Crippen LogP contribution in [0.3, 0.4) is 0 Å². The van der Waals surface area contributed by atoms with Crippen molar-refractivity contribution < 1.29 is 14.3 Å². The third-order valence-corrected chi connectivity index (χ3v) is 6.28. The highest BCUT2D eigenvalue weighted by Gasteiger charge is 2.27. The first kappa shape index (κ1) is 23.8. The molecule has 4 heterocycles. The van der Waals surface area contributed by atoms with Crippen LogP contribution in [0.15, 0.2) is 29.3 Å². The Bertz CT molecular complexity index is 1270. The predicted octanol–water partition coefficient (Wildman–Crippen LogP) is 2.79. The standard InChI is InChI=1S/C23H28N6O4S/c1-5-17(30)11-15-10-16(14-24-13-15)20-26-29-19(31)12-18(25-21(29)34-20)27-6-8-28(9-7-27)22(32)33-23(2,3)4/h10,12-14H,5-9,11H2,1-4H3. The number of hydrogen-bond donors (Lipinski definition) is 0. The lowest BCUT2D eigenvalue weighted by Gasteiger charge is -2.36. The van der Waals surface area contributed by atoms with Crippen LogP contribution in [-0.4, -0.2) is 68.1 Å². The van der Waals surface area contributed by atoms with Gasteiger partial charge in [-0.1, -0.05) is 18.3 Å². The molecule has 0 aromatic carbocycles. The maximum atomic E-state index is 12.8. The van der Waals surface area contributed by atoms with Crippen molar-refractivity contribution in [1.82, 2.24) is 24.5 Å². The van der Waals surface area contributed by atoms with E-state index in [-0.39, 0.29) is 17.4 Å². The number of rotatable bonds is 5. The van der Waals surface area contributed by atoms with Crippen LogP contribution in [0, 0.1) is 0 Å². The number of fused-ring (bicyclic) bond motifs is 1. The van der Waals surface area contributed by atoms with E-state index in [2.05, 4.69) is 15.1 Å². The predicted molar refractivity (Wildman–Crippen MR) is 129 cm³/mol. The molecule has 3 aromatic rings. The minimum atomic E-state index is -0.542. The van der Waals surface area contributed by atoms with Gasteiger partial charge in [0.05, 0.1) is 0 Å². The number of ether oxygens (including phenoxy) is 1. The van der Waals surface area contributed by atoms with E-state index in [4.69, 9.17) is 4.74 Å². The van der Waals surface area contributed by atoms with Gasteiger partial charge in [0.2, 0.25) is 4.96 Å². The Kier molecular flexibility index (Phi) is 6.65. The summed E-state index contributed by atoms with van der Waals surface area (Å²) in [4.78, 5) is 49.9. The molecule has 0 unspecified atom stereocenters. The van der Waals surface area contributed by atoms with Crippen LogP contribution in [0.4, 0.5) is 10.6 Å². The fourth-order valence-electron chi connectivity index (χ4n) is 3.58. The van der Waals surface area contributed by atoms with Gasteiger partial charge in [-0.3, -0.25) is 14.6 Å². The molecule has 0 atom stereocenters. The van der Waals surface area contributed by atoms with Crippen molar-refractivity contribution in [3.8, 4) is 10.6 Å². The van der Waals surface area contributed by atoms with E-state index < -0.39 is 5.60 Å². The fourth-order valence-corrected chi connectivity index (χ4v) is 4.46. The number of nitrogens with zero attached hydrogens (tertiary/aromatic N) is 6. The van der Waals surface area contributed by atoms with Gasteiger partial charge < -0.3 is 14.5 Å². The van der Waals surface area contributed by atoms with Crippen LogP contribution >= 0.6 is 11.3 Å². The Hall–Kier alpha value is -3.34. The number of pyridine rings is 1. The summed E-state index contributed by atoms with van der Waals surface area (Å²) in [5, 5.41) is 5.03. The van der Waals surface area contributed by atoms with Gasteiger partial charge in [-0.05, 0) is 32.4 Å². The highest BCUT2D eigenvalue weighted by Crippen LogP contribution is 2.26. The number of amides is 1. The smallest absolute Gasteiger partial charge is 0.410 e. The summed E-state index contributed by atoms with van der Waals surface area (Å²) in [6.07, 6.45) is 3.79. The molecule has 34 heavy (non-hydrogen) atoms. The third-order valence-electron chi connectivity index (χ3n) is 5.32. The minimum Gasteiger partial charge on any atom is -0.444 e. The van der Waals surface area contributed by atoms with Gasteiger partial charge in [0, 0.05) is 63.0 Å². The van der Waals surface area contributed by atoms with E-state index in [0.717, 1.165) is 11.1 Å². The number of carbonyl (C=O) groups is 2. The van der Waals surface area contributed by atoms with Gasteiger partial charge in [-0.25, -0.2) is 9.78 Å². The molecule has 1 aliphatic heterocycles. The van der Waals surface area contributed by atoms with E-state index >= 15 is 0 Å². The number of hydrogen-bond acceptors (Lipinski definition) is 9. The summed E-state index contributed by atoms with van der Waals surface area (Å²) >= 11 is 1.29. The molecule has 4 rings (SSSR count). The van der Waals surface area contributed by atoms with Crippen LogP contribution in [0.25, 0.3) is 15.5 Å². The summed E-state index contributed by atoms with van der Waals surface area (Å²) in [7, 11) is 0. The lowest BCUT2D eigenvalue weighted by molar-refractivity contribution is -0.118. The molecule has 1 fully saturated rings. The molecule has 0 aliphatic carbocycles. The first-order chi connectivity index (χ1) is 16.1. The van der Waals surface area contributed by atoms with Gasteiger partial charge >= 0.3 is 6.09 Å². The number of anilines is 1. The SMILES string of the molecule is CCC(=O)Cc1cncc(-c2nn3c(=O)cc(N4CCN(C(=O)OC(C)(C)C)CC4)nc3s2)c1. The number of ketones is 1. The monoisotopic (exact) mass is 484 g/mol. The normalized spacial score (nSPS) is 14.5.